The molecular weight excluding hydrogens is 336 g/mol. The summed E-state index contributed by atoms with van der Waals surface area (Å²) in [6.07, 6.45) is 8.24. The highest BCUT2D eigenvalue weighted by molar-refractivity contribution is 7.98. The first-order chi connectivity index (χ1) is 12.2. The lowest BCUT2D eigenvalue weighted by Gasteiger charge is -2.17. The lowest BCUT2D eigenvalue weighted by molar-refractivity contribution is -0.111. The fourth-order valence-corrected chi connectivity index (χ4v) is 3.56. The van der Waals surface area contributed by atoms with Gasteiger partial charge in [0.05, 0.1) is 11.4 Å². The smallest absolute Gasteiger partial charge is 0.261 e. The number of nitrogens with zero attached hydrogens (tertiary/aromatic N) is 3. The first-order valence-corrected chi connectivity index (χ1v) is 9.09. The monoisotopic (exact) mass is 352 g/mol. The predicted molar refractivity (Wildman–Crippen MR) is 97.7 cm³/mol. The molecule has 1 aliphatic carbocycles. The van der Waals surface area contributed by atoms with Crippen LogP contribution in [0.2, 0.25) is 0 Å². The fourth-order valence-electron chi connectivity index (χ4n) is 3.05. The number of hydrogen-bond acceptors (Lipinski definition) is 5. The highest BCUT2D eigenvalue weighted by atomic mass is 32.2. The van der Waals surface area contributed by atoms with Gasteiger partial charge in [0.15, 0.2) is 0 Å². The number of pyridine rings is 2. The molecule has 0 aliphatic heterocycles. The van der Waals surface area contributed by atoms with Crippen LogP contribution in [-0.2, 0) is 11.2 Å². The van der Waals surface area contributed by atoms with Crippen LogP contribution in [0, 0.1) is 0 Å². The van der Waals surface area contributed by atoms with E-state index in [1.807, 2.05) is 35.1 Å². The van der Waals surface area contributed by atoms with Gasteiger partial charge in [-0.1, -0.05) is 6.07 Å². The van der Waals surface area contributed by atoms with Crippen molar-refractivity contribution in [3.05, 3.63) is 60.0 Å². The Hall–Kier alpha value is -2.80. The van der Waals surface area contributed by atoms with Crippen molar-refractivity contribution in [2.24, 2.45) is 0 Å². The van der Waals surface area contributed by atoms with Gasteiger partial charge in [-0.05, 0) is 30.9 Å². The number of amides is 1. The van der Waals surface area contributed by atoms with E-state index in [1.165, 1.54) is 11.8 Å². The predicted octanol–water partition coefficient (Wildman–Crippen LogP) is 3.31. The standard InChI is InChI=1S/C18H16N4O2S/c1-25-14-10-19-8-7-11(14)20-18(24)16-13(23)6-5-12-17(16)21-15-4-2-3-9-22(12)15/h2-4,7-10,23H,5-6H2,1H3,(H,19,20,24). The quantitative estimate of drug-likeness (QED) is 0.707. The summed E-state index contributed by atoms with van der Waals surface area (Å²) in [6.45, 7) is 0. The van der Waals surface area contributed by atoms with E-state index in [2.05, 4.69) is 15.3 Å². The topological polar surface area (TPSA) is 79.5 Å². The first kappa shape index (κ1) is 15.7. The Morgan fingerprint density at radius 2 is 2.20 bits per heavy atom. The van der Waals surface area contributed by atoms with Gasteiger partial charge in [-0.3, -0.25) is 9.78 Å². The number of hydrogen-bond donors (Lipinski definition) is 2. The molecule has 7 heteroatoms. The number of carbonyl (C=O) groups excluding carboxylic acids is 1. The van der Waals surface area contributed by atoms with Gasteiger partial charge in [0.25, 0.3) is 5.91 Å². The van der Waals surface area contributed by atoms with E-state index in [-0.39, 0.29) is 17.2 Å². The highest BCUT2D eigenvalue weighted by Gasteiger charge is 2.29. The summed E-state index contributed by atoms with van der Waals surface area (Å²) < 4.78 is 1.97. The third-order valence-corrected chi connectivity index (χ3v) is 5.00. The van der Waals surface area contributed by atoms with Crippen LogP contribution >= 0.6 is 11.8 Å². The summed E-state index contributed by atoms with van der Waals surface area (Å²) in [5.41, 5.74) is 3.17. The SMILES string of the molecule is CSc1cnccc1NC(=O)C1=C(O)CCc2c1nc1ccccn21. The van der Waals surface area contributed by atoms with Crippen LogP contribution in [0.1, 0.15) is 17.8 Å². The first-order valence-electron chi connectivity index (χ1n) is 7.87. The molecule has 0 fully saturated rings. The summed E-state index contributed by atoms with van der Waals surface area (Å²) >= 11 is 1.50. The molecule has 3 aromatic rings. The van der Waals surface area contributed by atoms with E-state index >= 15 is 0 Å². The zero-order chi connectivity index (χ0) is 17.4. The van der Waals surface area contributed by atoms with Gasteiger partial charge < -0.3 is 14.8 Å². The van der Waals surface area contributed by atoms with Crippen LogP contribution in [-0.4, -0.2) is 31.6 Å². The van der Waals surface area contributed by atoms with Gasteiger partial charge in [-0.25, -0.2) is 4.98 Å². The average Bonchev–Trinajstić information content (AvgIpc) is 3.00. The molecule has 4 rings (SSSR count). The minimum Gasteiger partial charge on any atom is -0.511 e. The molecule has 0 saturated heterocycles. The van der Waals surface area contributed by atoms with E-state index in [0.29, 0.717) is 24.2 Å². The maximum absolute atomic E-state index is 12.9. The molecule has 0 unspecified atom stereocenters. The zero-order valence-corrected chi connectivity index (χ0v) is 14.4. The Morgan fingerprint density at radius 1 is 1.32 bits per heavy atom. The van der Waals surface area contributed by atoms with Crippen LogP contribution in [0.15, 0.2) is 53.5 Å². The Kier molecular flexibility index (Phi) is 3.93. The van der Waals surface area contributed by atoms with Crippen molar-refractivity contribution in [2.45, 2.75) is 17.7 Å². The van der Waals surface area contributed by atoms with Crippen molar-refractivity contribution in [3.63, 3.8) is 0 Å². The van der Waals surface area contributed by atoms with Gasteiger partial charge >= 0.3 is 0 Å². The summed E-state index contributed by atoms with van der Waals surface area (Å²) in [5.74, 6) is -0.281. The molecule has 126 valence electrons. The average molecular weight is 352 g/mol. The number of carbonyl (C=O) groups is 1. The third-order valence-electron chi connectivity index (χ3n) is 4.23. The Morgan fingerprint density at radius 3 is 3.04 bits per heavy atom. The molecule has 0 spiro atoms. The van der Waals surface area contributed by atoms with Crippen molar-refractivity contribution < 1.29 is 9.90 Å². The highest BCUT2D eigenvalue weighted by Crippen LogP contribution is 2.32. The van der Waals surface area contributed by atoms with Crippen LogP contribution in [0.25, 0.3) is 11.2 Å². The minimum atomic E-state index is -0.358. The largest absolute Gasteiger partial charge is 0.511 e. The second-order valence-corrected chi connectivity index (χ2v) is 6.54. The summed E-state index contributed by atoms with van der Waals surface area (Å²) in [6, 6.07) is 7.46. The lowest BCUT2D eigenvalue weighted by atomic mass is 9.97. The molecule has 0 aromatic carbocycles. The summed E-state index contributed by atoms with van der Waals surface area (Å²) in [7, 11) is 0. The number of thioether (sulfide) groups is 1. The Bertz CT molecular complexity index is 1010. The molecule has 0 bridgehead atoms. The van der Waals surface area contributed by atoms with Crippen LogP contribution < -0.4 is 5.32 Å². The molecule has 1 amide bonds. The van der Waals surface area contributed by atoms with E-state index in [4.69, 9.17) is 0 Å². The number of aliphatic hydroxyl groups is 1. The van der Waals surface area contributed by atoms with Crippen molar-refractivity contribution in [2.75, 3.05) is 11.6 Å². The van der Waals surface area contributed by atoms with Crippen molar-refractivity contribution >= 4 is 34.6 Å². The number of rotatable bonds is 3. The second-order valence-electron chi connectivity index (χ2n) is 5.69. The number of allylic oxidation sites excluding steroid dienone is 1. The zero-order valence-electron chi connectivity index (χ0n) is 13.6. The van der Waals surface area contributed by atoms with Gasteiger partial charge in [-0.2, -0.15) is 0 Å². The minimum absolute atomic E-state index is 0.0770. The van der Waals surface area contributed by atoms with E-state index < -0.39 is 0 Å². The number of imidazole rings is 1. The summed E-state index contributed by atoms with van der Waals surface area (Å²) in [4.78, 5) is 22.4. The molecule has 0 atom stereocenters. The van der Waals surface area contributed by atoms with Crippen LogP contribution in [0.3, 0.4) is 0 Å². The molecular formula is C18H16N4O2S. The van der Waals surface area contributed by atoms with Gasteiger partial charge in [0, 0.05) is 29.9 Å². The number of aryl methyl sites for hydroxylation is 1. The second kappa shape index (κ2) is 6.25. The number of fused-ring (bicyclic) bond motifs is 3. The molecule has 6 nitrogen and oxygen atoms in total. The molecule has 25 heavy (non-hydrogen) atoms. The summed E-state index contributed by atoms with van der Waals surface area (Å²) in [5, 5.41) is 13.2. The van der Waals surface area contributed by atoms with Crippen LogP contribution in [0.5, 0.6) is 0 Å². The molecule has 0 saturated carbocycles. The van der Waals surface area contributed by atoms with Crippen LogP contribution in [0.4, 0.5) is 5.69 Å². The molecule has 0 radical (unpaired) electrons. The maximum Gasteiger partial charge on any atom is 0.261 e. The van der Waals surface area contributed by atoms with Crippen molar-refractivity contribution in [1.82, 2.24) is 14.4 Å². The molecule has 1 aliphatic rings. The molecule has 3 heterocycles. The molecule has 2 N–H and O–H groups in total. The lowest BCUT2D eigenvalue weighted by Crippen LogP contribution is -2.20. The number of nitrogens with one attached hydrogen (secondary N) is 1. The maximum atomic E-state index is 12.9. The number of anilines is 1. The van der Waals surface area contributed by atoms with E-state index in [0.717, 1.165) is 16.2 Å². The van der Waals surface area contributed by atoms with Crippen molar-refractivity contribution in [1.29, 1.82) is 0 Å². The van der Waals surface area contributed by atoms with Gasteiger partial charge in [0.1, 0.15) is 22.7 Å². The Balaban J connectivity index is 1.76. The van der Waals surface area contributed by atoms with Crippen molar-refractivity contribution in [3.8, 4) is 0 Å². The number of aromatic nitrogens is 3. The normalized spacial score (nSPS) is 13.8. The molecule has 3 aromatic heterocycles. The van der Waals surface area contributed by atoms with E-state index in [1.54, 1.807) is 18.5 Å². The third kappa shape index (κ3) is 2.66. The Labute approximate surface area is 148 Å². The van der Waals surface area contributed by atoms with Gasteiger partial charge in [0.2, 0.25) is 0 Å². The fraction of sp³-hybridized carbons (Fsp3) is 0.167. The van der Waals surface area contributed by atoms with Gasteiger partial charge in [-0.15, -0.1) is 11.8 Å². The number of aliphatic hydroxyl groups excluding tert-OH is 1. The van der Waals surface area contributed by atoms with E-state index in [9.17, 15) is 9.90 Å².